The zero-order valence-electron chi connectivity index (χ0n) is 76.7. The van der Waals surface area contributed by atoms with E-state index in [0.29, 0.717) is 52.9 Å². The van der Waals surface area contributed by atoms with Gasteiger partial charge in [0.2, 0.25) is 0 Å². The second-order valence-corrected chi connectivity index (χ2v) is 38.0. The van der Waals surface area contributed by atoms with E-state index >= 15 is 0 Å². The van der Waals surface area contributed by atoms with E-state index in [1.165, 1.54) is 76.4 Å². The molecule has 0 amide bonds. The van der Waals surface area contributed by atoms with Crippen LogP contribution in [0.1, 0.15) is 44.5 Å². The second kappa shape index (κ2) is 39.2. The molecule has 0 atom stereocenters. The van der Waals surface area contributed by atoms with Gasteiger partial charge < -0.3 is 47.7 Å². The molecule has 3 heterocycles. The number of fused-ring (bicyclic) bond motifs is 1. The lowest BCUT2D eigenvalue weighted by molar-refractivity contribution is 0.289. The number of hydrogen-bond donors (Lipinski definition) is 0. The first kappa shape index (κ1) is 86.7. The largest absolute Gasteiger partial charge is 0.489 e. The van der Waals surface area contributed by atoms with Crippen molar-refractivity contribution in [3.8, 4) is 87.8 Å². The lowest BCUT2D eigenvalue weighted by Crippen LogP contribution is -2.11. The fourth-order valence-corrected chi connectivity index (χ4v) is 21.7. The molecule has 0 N–H and O–H groups in total. The van der Waals surface area contributed by atoms with E-state index in [0.717, 1.165) is 177 Å². The molecular formula is C126H90N4O8S3. The van der Waals surface area contributed by atoms with Crippen molar-refractivity contribution in [1.29, 1.82) is 0 Å². The SMILES string of the molecule is c1ccc(N(c2cccc(COc3cccc(COc4cccc(COc5cccc(COc6cccc(-c7ccc(-c8ccc(-c9ccc(-c%10cccc(OCc%11cccc(OCc%12cccc(OCc%13cccc(OCc%14cccc(N(c%15ccccc%15)c%15ccc%16ccc%17cccc%18ccc%15c%16c%17%18)c%14)c%13)c%12)c%11)c%10)s9)c9nsnc89)s7)c6)c5)c4)c3)c2)c2ccc3ccc4cccc5ccc2c3c45)cc1. The van der Waals surface area contributed by atoms with Gasteiger partial charge in [-0.2, -0.15) is 8.75 Å². The highest BCUT2D eigenvalue weighted by Gasteiger charge is 2.25. The summed E-state index contributed by atoms with van der Waals surface area (Å²) in [6, 6.07) is 157. The standard InChI is InChI=1S/C126H90N4O8S3/c1-3-33-99(34-4-1)129(115-59-53-95-49-47-91-27-15-29-93-51-55-111(115)123(95)121(91)93)101-37-7-19-83(65-101)75-131-103-39-9-21-85(67-103)77-133-105-41-11-23-87(69-105)79-135-107-43-13-25-89(71-107)81-137-109-45-17-31-97(73-109)117-61-63-119(139-117)113-57-58-114(126-125(113)127-141-128-126)120-64-62-118(140-120)98-32-18-46-110(74-98)138-82-90-26-14-44-108(72-90)136-80-88-24-12-42-106(70-88)134-78-86-22-10-40-104(68-86)132-76-84-20-8-38-102(66-84)130(100-35-5-2-6-36-100)116-60-54-96-50-48-92-28-16-30-94-52-56-112(116)124(96)122(92)94/h1-74H,75-82H2. The summed E-state index contributed by atoms with van der Waals surface area (Å²) in [5, 5.41) is 15.0. The molecule has 680 valence electrons. The second-order valence-electron chi connectivity index (χ2n) is 35.3. The number of aromatic nitrogens is 2. The first-order valence-electron chi connectivity index (χ1n) is 47.2. The van der Waals surface area contributed by atoms with Crippen molar-refractivity contribution in [3.05, 3.63) is 493 Å². The Morgan fingerprint density at radius 3 is 0.773 bits per heavy atom. The summed E-state index contributed by atoms with van der Waals surface area (Å²) in [7, 11) is 0. The van der Waals surface area contributed by atoms with Crippen molar-refractivity contribution >= 4 is 144 Å². The third kappa shape index (κ3) is 18.7. The zero-order valence-corrected chi connectivity index (χ0v) is 79.1. The monoisotopic (exact) mass is 1880 g/mol. The van der Waals surface area contributed by atoms with Crippen molar-refractivity contribution in [2.45, 2.75) is 52.9 Å². The first-order valence-corrected chi connectivity index (χ1v) is 49.6. The van der Waals surface area contributed by atoms with Crippen molar-refractivity contribution < 1.29 is 37.9 Å². The zero-order chi connectivity index (χ0) is 93.7. The van der Waals surface area contributed by atoms with Gasteiger partial charge in [0.1, 0.15) is 110 Å². The highest BCUT2D eigenvalue weighted by molar-refractivity contribution is 7.19. The Kier molecular flexibility index (Phi) is 24.1. The number of para-hydroxylation sites is 2. The van der Waals surface area contributed by atoms with Gasteiger partial charge in [0.15, 0.2) is 0 Å². The maximum atomic E-state index is 6.52. The molecule has 0 saturated carbocycles. The van der Waals surface area contributed by atoms with Crippen LogP contribution in [0.2, 0.25) is 0 Å². The van der Waals surface area contributed by atoms with Crippen LogP contribution in [0.15, 0.2) is 449 Å². The molecule has 0 fully saturated rings. The molecule has 15 heteroatoms. The van der Waals surface area contributed by atoms with E-state index < -0.39 is 0 Å². The summed E-state index contributed by atoms with van der Waals surface area (Å²) < 4.78 is 61.4. The molecule has 12 nitrogen and oxygen atoms in total. The normalized spacial score (nSPS) is 11.5. The maximum absolute atomic E-state index is 6.52. The summed E-state index contributed by atoms with van der Waals surface area (Å²) in [6.07, 6.45) is 0. The van der Waals surface area contributed by atoms with Gasteiger partial charge in [-0.3, -0.25) is 0 Å². The quantitative estimate of drug-likeness (QED) is 0.0359. The van der Waals surface area contributed by atoms with Crippen LogP contribution < -0.4 is 47.7 Å². The van der Waals surface area contributed by atoms with Crippen molar-refractivity contribution in [1.82, 2.24) is 8.75 Å². The Hall–Kier alpha value is -17.1. The summed E-state index contributed by atoms with van der Waals surface area (Å²) in [5.41, 5.74) is 20.6. The van der Waals surface area contributed by atoms with Gasteiger partial charge in [-0.1, -0.05) is 267 Å². The van der Waals surface area contributed by atoms with Gasteiger partial charge in [-0.05, 0) is 291 Å². The molecule has 141 heavy (non-hydrogen) atoms. The molecule has 0 saturated heterocycles. The molecule has 0 aliphatic carbocycles. The van der Waals surface area contributed by atoms with Gasteiger partial charge >= 0.3 is 0 Å². The number of hydrogen-bond acceptors (Lipinski definition) is 15. The summed E-state index contributed by atoms with van der Waals surface area (Å²) in [5.74, 6) is 6.10. The number of thiophene rings is 2. The molecule has 0 radical (unpaired) electrons. The van der Waals surface area contributed by atoms with Crippen LogP contribution in [0.4, 0.5) is 34.1 Å². The number of anilines is 6. The van der Waals surface area contributed by atoms with Crippen molar-refractivity contribution in [3.63, 3.8) is 0 Å². The van der Waals surface area contributed by atoms with E-state index in [2.05, 4.69) is 337 Å². The minimum absolute atomic E-state index is 0.366. The lowest BCUT2D eigenvalue weighted by Gasteiger charge is -2.28. The van der Waals surface area contributed by atoms with Gasteiger partial charge in [-0.25, -0.2) is 0 Å². The van der Waals surface area contributed by atoms with Crippen LogP contribution >= 0.6 is 34.4 Å². The van der Waals surface area contributed by atoms with E-state index in [9.17, 15) is 0 Å². The van der Waals surface area contributed by atoms with Crippen LogP contribution in [-0.4, -0.2) is 8.75 Å². The highest BCUT2D eigenvalue weighted by atomic mass is 32.1. The minimum Gasteiger partial charge on any atom is -0.489 e. The average Bonchev–Trinajstić information content (AvgIpc) is 0.903. The van der Waals surface area contributed by atoms with Gasteiger partial charge in [-0.15, -0.1) is 22.7 Å². The fraction of sp³-hybridized carbons (Fsp3) is 0.0635. The molecule has 3 aromatic heterocycles. The third-order valence-corrected chi connectivity index (χ3v) is 28.8. The molecule has 0 bridgehead atoms. The maximum Gasteiger partial charge on any atom is 0.120 e. The molecule has 24 aromatic rings. The van der Waals surface area contributed by atoms with Crippen LogP contribution in [0, 0.1) is 0 Å². The topological polar surface area (TPSA) is 106 Å². The average molecular weight is 1880 g/mol. The van der Waals surface area contributed by atoms with E-state index in [-0.39, 0.29) is 0 Å². The van der Waals surface area contributed by atoms with Gasteiger partial charge in [0, 0.05) is 64.2 Å². The van der Waals surface area contributed by atoms with E-state index in [1.54, 1.807) is 22.7 Å². The molecular weight excluding hydrogens is 1790 g/mol. The van der Waals surface area contributed by atoms with Crippen molar-refractivity contribution in [2.24, 2.45) is 0 Å². The smallest absolute Gasteiger partial charge is 0.120 e. The van der Waals surface area contributed by atoms with Gasteiger partial charge in [0.05, 0.1) is 23.1 Å². The van der Waals surface area contributed by atoms with Gasteiger partial charge in [0.25, 0.3) is 0 Å². The Morgan fingerprint density at radius 1 is 0.191 bits per heavy atom. The first-order chi connectivity index (χ1) is 69.8. The predicted octanol–water partition coefficient (Wildman–Crippen LogP) is 33.8. The molecule has 0 aliphatic heterocycles. The molecule has 0 unspecified atom stereocenters. The van der Waals surface area contributed by atoms with Crippen LogP contribution in [-0.2, 0) is 52.9 Å². The number of rotatable bonds is 34. The Labute approximate surface area is 828 Å². The highest BCUT2D eigenvalue weighted by Crippen LogP contribution is 2.49. The van der Waals surface area contributed by atoms with Crippen LogP contribution in [0.25, 0.3) is 117 Å². The number of benzene rings is 21. The minimum atomic E-state index is 0.366. The molecule has 0 spiro atoms. The Bertz CT molecular complexity index is 8130. The third-order valence-electron chi connectivity index (χ3n) is 25.9. The summed E-state index contributed by atoms with van der Waals surface area (Å²) in [6.45, 7) is 3.00. The lowest BCUT2D eigenvalue weighted by atomic mass is 9.93. The van der Waals surface area contributed by atoms with Crippen molar-refractivity contribution in [2.75, 3.05) is 9.80 Å². The Morgan fingerprint density at radius 2 is 0.447 bits per heavy atom. The fourth-order valence-electron chi connectivity index (χ4n) is 19.1. The Balaban J connectivity index is 0.360. The van der Waals surface area contributed by atoms with Crippen LogP contribution in [0.3, 0.4) is 0 Å². The summed E-state index contributed by atoms with van der Waals surface area (Å²) in [4.78, 5) is 9.18. The molecule has 24 rings (SSSR count). The summed E-state index contributed by atoms with van der Waals surface area (Å²) >= 11 is 4.70. The number of nitrogens with zero attached hydrogens (tertiary/aromatic N) is 4. The van der Waals surface area contributed by atoms with E-state index in [1.807, 2.05) is 121 Å². The predicted molar refractivity (Wildman–Crippen MR) is 578 cm³/mol. The molecule has 0 aliphatic rings. The van der Waals surface area contributed by atoms with E-state index in [4.69, 9.17) is 46.6 Å². The molecule has 21 aromatic carbocycles. The van der Waals surface area contributed by atoms with Crippen LogP contribution in [0.5, 0.6) is 46.0 Å². The number of ether oxygens (including phenoxy) is 8.